The Balaban J connectivity index is 4.00. The highest BCUT2D eigenvalue weighted by Crippen LogP contribution is 1.59. The smallest absolute Gasteiger partial charge is 0.0979 e. The lowest BCUT2D eigenvalue weighted by molar-refractivity contribution is -0.108. The van der Waals surface area contributed by atoms with E-state index in [4.69, 9.17) is 12.8 Å². The number of hydrogen-bond donors (Lipinski definition) is 0. The third kappa shape index (κ3) is 2.58. The SMILES string of the molecule is [C-]#CC#CC(=O)C#[C-]. The molecule has 0 N–H and O–H groups in total. The zero-order chi connectivity index (χ0) is 6.41. The molecule has 0 aliphatic carbocycles. The van der Waals surface area contributed by atoms with Crippen molar-refractivity contribution in [3.8, 4) is 23.7 Å². The fraction of sp³-hybridized carbons (Fsp3) is 0. The lowest BCUT2D eigenvalue weighted by atomic mass is 10.4. The minimum atomic E-state index is -0.732. The van der Waals surface area contributed by atoms with Crippen molar-refractivity contribution in [2.45, 2.75) is 0 Å². The minimum Gasteiger partial charge on any atom is -0.385 e. The van der Waals surface area contributed by atoms with Crippen LogP contribution in [0.4, 0.5) is 0 Å². The molecule has 0 amide bonds. The predicted molar refractivity (Wildman–Crippen MR) is 27.0 cm³/mol. The standard InChI is InChI=1S/C7O/c1-3-5-6-7(8)4-2/q-2. The van der Waals surface area contributed by atoms with E-state index in [1.807, 2.05) is 11.8 Å². The van der Waals surface area contributed by atoms with Gasteiger partial charge in [0.15, 0.2) is 0 Å². The molecule has 0 aliphatic rings. The Morgan fingerprint density at radius 3 is 2.38 bits per heavy atom. The van der Waals surface area contributed by atoms with E-state index in [1.54, 1.807) is 5.92 Å². The molecule has 0 spiro atoms. The normalized spacial score (nSPS) is 4.75. The van der Waals surface area contributed by atoms with Gasteiger partial charge in [0.2, 0.25) is 0 Å². The number of carbonyl (C=O) groups excluding carboxylic acids is 1. The van der Waals surface area contributed by atoms with Gasteiger partial charge < -0.3 is 17.6 Å². The first-order valence-corrected chi connectivity index (χ1v) is 1.70. The van der Waals surface area contributed by atoms with E-state index >= 15 is 0 Å². The summed E-state index contributed by atoms with van der Waals surface area (Å²) < 4.78 is 0. The van der Waals surface area contributed by atoms with Crippen molar-refractivity contribution < 1.29 is 4.79 Å². The fourth-order valence-corrected chi connectivity index (χ4v) is 0.119. The quantitative estimate of drug-likeness (QED) is 0.233. The number of hydrogen-bond acceptors (Lipinski definition) is 1. The molecule has 0 heterocycles. The van der Waals surface area contributed by atoms with Crippen molar-refractivity contribution in [3.63, 3.8) is 0 Å². The molecule has 0 saturated heterocycles. The van der Waals surface area contributed by atoms with Crippen LogP contribution in [0, 0.1) is 36.5 Å². The molecule has 8 heavy (non-hydrogen) atoms. The lowest BCUT2D eigenvalue weighted by Crippen LogP contribution is -1.82. The van der Waals surface area contributed by atoms with Crippen LogP contribution in [0.2, 0.25) is 0 Å². The van der Waals surface area contributed by atoms with Crippen molar-refractivity contribution in [3.05, 3.63) is 12.8 Å². The molecule has 0 aliphatic heterocycles. The maximum Gasteiger partial charge on any atom is 0.0979 e. The third-order valence-corrected chi connectivity index (χ3v) is 0.352. The molecule has 0 bridgehead atoms. The maximum atomic E-state index is 9.98. The van der Waals surface area contributed by atoms with Crippen molar-refractivity contribution in [1.82, 2.24) is 0 Å². The maximum absolute atomic E-state index is 9.98. The molecule has 0 radical (unpaired) electrons. The summed E-state index contributed by atoms with van der Waals surface area (Å²) in [5.74, 6) is 6.29. The number of Topliss-reactive ketones (excluding diaryl/α,β-unsaturated/α-hetero) is 1. The van der Waals surface area contributed by atoms with E-state index in [-0.39, 0.29) is 0 Å². The van der Waals surface area contributed by atoms with Crippen LogP contribution >= 0.6 is 0 Å². The van der Waals surface area contributed by atoms with E-state index in [0.717, 1.165) is 0 Å². The lowest BCUT2D eigenvalue weighted by Gasteiger charge is -1.82. The summed E-state index contributed by atoms with van der Waals surface area (Å²) >= 11 is 0. The second-order valence-corrected chi connectivity index (χ2v) is 0.829. The van der Waals surface area contributed by atoms with Crippen LogP contribution in [-0.2, 0) is 4.79 Å². The minimum absolute atomic E-state index is 0.732. The van der Waals surface area contributed by atoms with Gasteiger partial charge in [-0.2, -0.15) is 0 Å². The zero-order valence-corrected chi connectivity index (χ0v) is 3.91. The van der Waals surface area contributed by atoms with E-state index in [0.29, 0.717) is 0 Å². The summed E-state index contributed by atoms with van der Waals surface area (Å²) in [6, 6.07) is 0. The molecular weight excluding hydrogens is 100 g/mol. The summed E-state index contributed by atoms with van der Waals surface area (Å²) in [4.78, 5) is 9.98. The Bertz CT molecular complexity index is 224. The summed E-state index contributed by atoms with van der Waals surface area (Å²) in [7, 11) is 0. The van der Waals surface area contributed by atoms with E-state index in [2.05, 4.69) is 0 Å². The Morgan fingerprint density at radius 1 is 1.38 bits per heavy atom. The van der Waals surface area contributed by atoms with Crippen LogP contribution < -0.4 is 0 Å². The molecule has 0 rings (SSSR count). The predicted octanol–water partition coefficient (Wildman–Crippen LogP) is -0.262. The summed E-state index contributed by atoms with van der Waals surface area (Å²) in [5, 5.41) is 0. The Hall–Kier alpha value is -1.65. The first-order chi connectivity index (χ1) is 3.81. The molecule has 0 saturated carbocycles. The Labute approximate surface area is 48.1 Å². The summed E-state index contributed by atoms with van der Waals surface area (Å²) in [6.07, 6.45) is 12.4. The largest absolute Gasteiger partial charge is 0.385 e. The van der Waals surface area contributed by atoms with Crippen molar-refractivity contribution in [1.29, 1.82) is 0 Å². The highest BCUT2D eigenvalue weighted by atomic mass is 16.1. The zero-order valence-electron chi connectivity index (χ0n) is 3.91. The number of ketones is 1. The molecule has 36 valence electrons. The van der Waals surface area contributed by atoms with Gasteiger partial charge in [-0.3, -0.25) is 11.8 Å². The van der Waals surface area contributed by atoms with Crippen LogP contribution in [0.15, 0.2) is 0 Å². The highest BCUT2D eigenvalue weighted by Gasteiger charge is 1.60. The van der Waals surface area contributed by atoms with Crippen LogP contribution in [0.1, 0.15) is 0 Å². The number of rotatable bonds is 0. The van der Waals surface area contributed by atoms with Gasteiger partial charge in [0.05, 0.1) is 5.78 Å². The first-order valence-electron chi connectivity index (χ1n) is 1.70. The molecule has 1 heteroatoms. The summed E-state index contributed by atoms with van der Waals surface area (Å²) in [5.41, 5.74) is 0. The molecule has 1 nitrogen and oxygen atoms in total. The monoisotopic (exact) mass is 100.0 g/mol. The van der Waals surface area contributed by atoms with Crippen molar-refractivity contribution in [2.24, 2.45) is 0 Å². The van der Waals surface area contributed by atoms with Gasteiger partial charge in [-0.05, 0) is 0 Å². The van der Waals surface area contributed by atoms with E-state index in [9.17, 15) is 4.79 Å². The van der Waals surface area contributed by atoms with Crippen molar-refractivity contribution >= 4 is 5.78 Å². The van der Waals surface area contributed by atoms with Gasteiger partial charge in [0, 0.05) is 0 Å². The van der Waals surface area contributed by atoms with Crippen molar-refractivity contribution in [2.75, 3.05) is 0 Å². The van der Waals surface area contributed by atoms with Crippen LogP contribution in [0.3, 0.4) is 0 Å². The van der Waals surface area contributed by atoms with Crippen LogP contribution in [0.5, 0.6) is 0 Å². The van der Waals surface area contributed by atoms with E-state index < -0.39 is 5.78 Å². The van der Waals surface area contributed by atoms with E-state index in [1.165, 1.54) is 5.92 Å². The van der Waals surface area contributed by atoms with Gasteiger partial charge in [0.1, 0.15) is 0 Å². The molecule has 0 fully saturated rings. The van der Waals surface area contributed by atoms with Crippen LogP contribution in [-0.4, -0.2) is 5.78 Å². The Kier molecular flexibility index (Phi) is 2.81. The molecule has 0 aromatic rings. The first kappa shape index (κ1) is 6.35. The second-order valence-electron chi connectivity index (χ2n) is 0.829. The van der Waals surface area contributed by atoms with Crippen LogP contribution in [0.25, 0.3) is 0 Å². The van der Waals surface area contributed by atoms with Gasteiger partial charge in [-0.15, -0.1) is 0 Å². The van der Waals surface area contributed by atoms with Gasteiger partial charge >= 0.3 is 0 Å². The molecule has 0 aromatic heterocycles. The molecule has 0 atom stereocenters. The average molecular weight is 100 g/mol. The summed E-state index contributed by atoms with van der Waals surface area (Å²) in [6.45, 7) is 0. The fourth-order valence-electron chi connectivity index (χ4n) is 0.119. The topological polar surface area (TPSA) is 17.1 Å². The second kappa shape index (κ2) is 3.54. The average Bonchev–Trinajstić information content (AvgIpc) is 1.83. The highest BCUT2D eigenvalue weighted by molar-refractivity contribution is 6.08. The molecule has 0 aromatic carbocycles. The van der Waals surface area contributed by atoms with Gasteiger partial charge in [-0.25, -0.2) is 11.8 Å². The van der Waals surface area contributed by atoms with Gasteiger partial charge in [-0.1, -0.05) is 0 Å². The number of carbonyl (C=O) groups is 1. The van der Waals surface area contributed by atoms with Gasteiger partial charge in [0.25, 0.3) is 0 Å². The molecular formula is C7O-2. The third-order valence-electron chi connectivity index (χ3n) is 0.352. The molecule has 0 unspecified atom stereocenters. The Morgan fingerprint density at radius 2 is 2.00 bits per heavy atom.